The fourth-order valence-electron chi connectivity index (χ4n) is 1.78. The lowest BCUT2D eigenvalue weighted by Crippen LogP contribution is -2.30. The molecule has 126 valence electrons. The molecule has 0 aromatic heterocycles. The molecule has 0 aliphatic rings. The maximum Gasteiger partial charge on any atom is 0.317 e. The minimum atomic E-state index is -1.04. The van der Waals surface area contributed by atoms with Crippen molar-refractivity contribution in [2.75, 3.05) is 11.1 Å². The highest BCUT2D eigenvalue weighted by molar-refractivity contribution is 8.00. The first kappa shape index (κ1) is 18.3. The van der Waals surface area contributed by atoms with Crippen molar-refractivity contribution in [3.05, 3.63) is 59.4 Å². The van der Waals surface area contributed by atoms with Gasteiger partial charge in [-0.1, -0.05) is 35.9 Å². The van der Waals surface area contributed by atoms with Crippen molar-refractivity contribution in [1.82, 2.24) is 0 Å². The molecule has 1 amide bonds. The number of benzene rings is 2. The minimum Gasteiger partial charge on any atom is -0.452 e. The van der Waals surface area contributed by atoms with E-state index in [0.717, 1.165) is 4.90 Å². The lowest BCUT2D eigenvalue weighted by Gasteiger charge is -2.14. The molecule has 0 heterocycles. The Morgan fingerprint density at radius 1 is 1.21 bits per heavy atom. The van der Waals surface area contributed by atoms with E-state index >= 15 is 0 Å². The highest BCUT2D eigenvalue weighted by Gasteiger charge is 2.19. The van der Waals surface area contributed by atoms with Crippen molar-refractivity contribution >= 4 is 40.9 Å². The third kappa shape index (κ3) is 5.25. The van der Waals surface area contributed by atoms with Gasteiger partial charge in [-0.15, -0.1) is 11.8 Å². The molecule has 4 nitrogen and oxygen atoms in total. The number of thioether (sulfide) groups is 1. The molecule has 0 fully saturated rings. The molecule has 0 radical (unpaired) electrons. The van der Waals surface area contributed by atoms with E-state index in [1.54, 1.807) is 24.3 Å². The summed E-state index contributed by atoms with van der Waals surface area (Å²) in [7, 11) is 0. The number of carbonyl (C=O) groups is 2. The molecule has 2 aromatic rings. The number of esters is 1. The van der Waals surface area contributed by atoms with Gasteiger partial charge in [-0.05, 0) is 31.2 Å². The summed E-state index contributed by atoms with van der Waals surface area (Å²) in [6.45, 7) is 1.42. The SMILES string of the molecule is CC(OC(=O)CSc1ccccc1Cl)C(=O)Nc1ccccc1F. The molecule has 7 heteroatoms. The molecule has 24 heavy (non-hydrogen) atoms. The first-order chi connectivity index (χ1) is 11.5. The molecule has 1 N–H and O–H groups in total. The summed E-state index contributed by atoms with van der Waals surface area (Å²) in [6.07, 6.45) is -1.04. The predicted molar refractivity (Wildman–Crippen MR) is 92.8 cm³/mol. The maximum atomic E-state index is 13.5. The zero-order chi connectivity index (χ0) is 17.5. The van der Waals surface area contributed by atoms with Crippen LogP contribution in [0.5, 0.6) is 0 Å². The number of halogens is 2. The lowest BCUT2D eigenvalue weighted by atomic mass is 10.3. The molecule has 0 aliphatic heterocycles. The summed E-state index contributed by atoms with van der Waals surface area (Å²) < 4.78 is 18.5. The van der Waals surface area contributed by atoms with Crippen molar-refractivity contribution in [3.63, 3.8) is 0 Å². The number of ether oxygens (including phenoxy) is 1. The average Bonchev–Trinajstić information content (AvgIpc) is 2.56. The average molecular weight is 368 g/mol. The maximum absolute atomic E-state index is 13.5. The standard InChI is InChI=1S/C17H15ClFNO3S/c1-11(17(22)20-14-8-4-3-7-13(14)19)23-16(21)10-24-15-9-5-2-6-12(15)18/h2-9,11H,10H2,1H3,(H,20,22). The van der Waals surface area contributed by atoms with Gasteiger partial charge in [0.15, 0.2) is 6.10 Å². The van der Waals surface area contributed by atoms with E-state index < -0.39 is 23.8 Å². The van der Waals surface area contributed by atoms with Crippen LogP contribution in [0.2, 0.25) is 5.02 Å². The summed E-state index contributed by atoms with van der Waals surface area (Å²) in [5.74, 6) is -1.70. The molecule has 0 saturated carbocycles. The van der Waals surface area contributed by atoms with Crippen molar-refractivity contribution in [2.24, 2.45) is 0 Å². The van der Waals surface area contributed by atoms with Gasteiger partial charge in [-0.25, -0.2) is 4.39 Å². The van der Waals surface area contributed by atoms with Crippen LogP contribution in [0.25, 0.3) is 0 Å². The van der Waals surface area contributed by atoms with Gasteiger partial charge in [0.05, 0.1) is 16.5 Å². The Morgan fingerprint density at radius 3 is 2.58 bits per heavy atom. The molecular weight excluding hydrogens is 353 g/mol. The molecular formula is C17H15ClFNO3S. The number of hydrogen-bond donors (Lipinski definition) is 1. The second kappa shape index (κ2) is 8.70. The van der Waals surface area contributed by atoms with Crippen molar-refractivity contribution in [3.8, 4) is 0 Å². The zero-order valence-corrected chi connectivity index (χ0v) is 14.4. The van der Waals surface area contributed by atoms with Crippen LogP contribution < -0.4 is 5.32 Å². The van der Waals surface area contributed by atoms with E-state index in [0.29, 0.717) is 5.02 Å². The topological polar surface area (TPSA) is 55.4 Å². The van der Waals surface area contributed by atoms with Gasteiger partial charge in [-0.3, -0.25) is 9.59 Å². The third-order valence-electron chi connectivity index (χ3n) is 2.99. The third-order valence-corrected chi connectivity index (χ3v) is 4.48. The Kier molecular flexibility index (Phi) is 6.63. The van der Waals surface area contributed by atoms with E-state index in [9.17, 15) is 14.0 Å². The molecule has 0 saturated heterocycles. The lowest BCUT2D eigenvalue weighted by molar-refractivity contribution is -0.150. The van der Waals surface area contributed by atoms with Crippen molar-refractivity contribution in [2.45, 2.75) is 17.9 Å². The Balaban J connectivity index is 1.84. The van der Waals surface area contributed by atoms with Gasteiger partial charge in [-0.2, -0.15) is 0 Å². The van der Waals surface area contributed by atoms with Crippen LogP contribution in [0.4, 0.5) is 10.1 Å². The van der Waals surface area contributed by atoms with Crippen LogP contribution in [0.15, 0.2) is 53.4 Å². The Bertz CT molecular complexity index is 741. The molecule has 0 spiro atoms. The number of rotatable bonds is 6. The van der Waals surface area contributed by atoms with Gasteiger partial charge >= 0.3 is 5.97 Å². The number of carbonyl (C=O) groups excluding carboxylic acids is 2. The van der Waals surface area contributed by atoms with Gasteiger partial charge in [0.1, 0.15) is 5.82 Å². The fraction of sp³-hybridized carbons (Fsp3) is 0.176. The molecule has 0 bridgehead atoms. The van der Waals surface area contributed by atoms with Crippen LogP contribution >= 0.6 is 23.4 Å². The van der Waals surface area contributed by atoms with E-state index in [2.05, 4.69) is 5.32 Å². The van der Waals surface area contributed by atoms with Gasteiger partial charge in [0.2, 0.25) is 0 Å². The summed E-state index contributed by atoms with van der Waals surface area (Å²) in [4.78, 5) is 24.5. The van der Waals surface area contributed by atoms with E-state index in [1.807, 2.05) is 6.07 Å². The van der Waals surface area contributed by atoms with E-state index in [4.69, 9.17) is 16.3 Å². The monoisotopic (exact) mass is 367 g/mol. The smallest absolute Gasteiger partial charge is 0.317 e. The highest BCUT2D eigenvalue weighted by Crippen LogP contribution is 2.26. The number of para-hydroxylation sites is 1. The van der Waals surface area contributed by atoms with E-state index in [-0.39, 0.29) is 11.4 Å². The summed E-state index contributed by atoms with van der Waals surface area (Å²) in [5, 5.41) is 2.92. The van der Waals surface area contributed by atoms with E-state index in [1.165, 1.54) is 36.9 Å². The summed E-state index contributed by atoms with van der Waals surface area (Å²) in [5.41, 5.74) is 0.0378. The Labute approximate surface area is 148 Å². The quantitative estimate of drug-likeness (QED) is 0.615. The first-order valence-corrected chi connectivity index (χ1v) is 8.46. The largest absolute Gasteiger partial charge is 0.452 e. The predicted octanol–water partition coefficient (Wildman–Crippen LogP) is 4.14. The van der Waals surface area contributed by atoms with Crippen LogP contribution in [0.1, 0.15) is 6.92 Å². The summed E-state index contributed by atoms with van der Waals surface area (Å²) >= 11 is 7.21. The van der Waals surface area contributed by atoms with Crippen molar-refractivity contribution in [1.29, 1.82) is 0 Å². The molecule has 1 atom stereocenters. The van der Waals surface area contributed by atoms with Crippen LogP contribution in [0, 0.1) is 5.82 Å². The molecule has 1 unspecified atom stereocenters. The van der Waals surface area contributed by atoms with Gasteiger partial charge in [0, 0.05) is 4.90 Å². The molecule has 2 aromatic carbocycles. The van der Waals surface area contributed by atoms with Crippen LogP contribution in [-0.2, 0) is 14.3 Å². The second-order valence-electron chi connectivity index (χ2n) is 4.82. The van der Waals surface area contributed by atoms with Gasteiger partial charge < -0.3 is 10.1 Å². The highest BCUT2D eigenvalue weighted by atomic mass is 35.5. The van der Waals surface area contributed by atoms with Gasteiger partial charge in [0.25, 0.3) is 5.91 Å². The molecule has 0 aliphatic carbocycles. The fourth-order valence-corrected chi connectivity index (χ4v) is 2.80. The Morgan fingerprint density at radius 2 is 1.88 bits per heavy atom. The number of amides is 1. The minimum absolute atomic E-state index is 0.0149. The second-order valence-corrected chi connectivity index (χ2v) is 6.24. The summed E-state index contributed by atoms with van der Waals surface area (Å²) in [6, 6.07) is 12.9. The molecule has 2 rings (SSSR count). The number of nitrogens with one attached hydrogen (secondary N) is 1. The van der Waals surface area contributed by atoms with Crippen LogP contribution in [-0.4, -0.2) is 23.7 Å². The number of anilines is 1. The van der Waals surface area contributed by atoms with Crippen molar-refractivity contribution < 1.29 is 18.7 Å². The Hall–Kier alpha value is -2.05. The normalized spacial score (nSPS) is 11.6. The zero-order valence-electron chi connectivity index (χ0n) is 12.8. The van der Waals surface area contributed by atoms with Crippen LogP contribution in [0.3, 0.4) is 0 Å². The number of hydrogen-bond acceptors (Lipinski definition) is 4. The first-order valence-electron chi connectivity index (χ1n) is 7.09.